The second-order valence-electron chi connectivity index (χ2n) is 5.46. The van der Waals surface area contributed by atoms with Crippen LogP contribution in [-0.2, 0) is 4.79 Å². The van der Waals surface area contributed by atoms with Crippen molar-refractivity contribution >= 4 is 5.91 Å². The highest BCUT2D eigenvalue weighted by atomic mass is 19.1. The fourth-order valence-electron chi connectivity index (χ4n) is 2.45. The Labute approximate surface area is 124 Å². The first-order chi connectivity index (χ1) is 10.0. The van der Waals surface area contributed by atoms with E-state index in [9.17, 15) is 9.18 Å². The van der Waals surface area contributed by atoms with Gasteiger partial charge in [0.05, 0.1) is 5.92 Å². The first-order valence-corrected chi connectivity index (χ1v) is 7.13. The van der Waals surface area contributed by atoms with Crippen LogP contribution in [0.1, 0.15) is 0 Å². The number of primary amides is 1. The van der Waals surface area contributed by atoms with Crippen LogP contribution >= 0.6 is 0 Å². The van der Waals surface area contributed by atoms with Gasteiger partial charge in [0.2, 0.25) is 5.91 Å². The third-order valence-corrected chi connectivity index (χ3v) is 3.70. The molecule has 0 unspecified atom stereocenters. The number of halogens is 1. The molecule has 1 atom stereocenters. The van der Waals surface area contributed by atoms with E-state index in [1.165, 1.54) is 12.1 Å². The summed E-state index contributed by atoms with van der Waals surface area (Å²) >= 11 is 0. The monoisotopic (exact) mass is 295 g/mol. The number of carbonyl (C=O) groups excluding carboxylic acids is 1. The number of likely N-dealkylation sites (N-methyl/N-ethyl adjacent to an activating group) is 1. The minimum atomic E-state index is -0.276. The van der Waals surface area contributed by atoms with Gasteiger partial charge < -0.3 is 15.4 Å². The van der Waals surface area contributed by atoms with Gasteiger partial charge in [0.15, 0.2) is 0 Å². The van der Waals surface area contributed by atoms with Gasteiger partial charge in [0.25, 0.3) is 0 Å². The summed E-state index contributed by atoms with van der Waals surface area (Å²) in [5.74, 6) is -0.0338. The van der Waals surface area contributed by atoms with Crippen LogP contribution in [0.5, 0.6) is 5.75 Å². The Bertz CT molecular complexity index is 466. The van der Waals surface area contributed by atoms with Crippen molar-refractivity contribution in [2.75, 3.05) is 46.4 Å². The van der Waals surface area contributed by atoms with Gasteiger partial charge in [-0.3, -0.25) is 9.69 Å². The quantitative estimate of drug-likeness (QED) is 0.862. The second-order valence-corrected chi connectivity index (χ2v) is 5.46. The van der Waals surface area contributed by atoms with Gasteiger partial charge >= 0.3 is 0 Å². The predicted molar refractivity (Wildman–Crippen MR) is 78.5 cm³/mol. The van der Waals surface area contributed by atoms with E-state index in [4.69, 9.17) is 10.5 Å². The molecule has 1 fully saturated rings. The van der Waals surface area contributed by atoms with Crippen molar-refractivity contribution in [3.63, 3.8) is 0 Å². The normalized spacial score (nSPS) is 21.0. The van der Waals surface area contributed by atoms with E-state index in [1.807, 2.05) is 7.05 Å². The molecule has 1 heterocycles. The van der Waals surface area contributed by atoms with Crippen molar-refractivity contribution in [1.29, 1.82) is 0 Å². The maximum Gasteiger partial charge on any atom is 0.223 e. The SMILES string of the molecule is CN1CCN(CCOc2ccc(F)cc2)C[C@@H](C(N)=O)C1. The Morgan fingerprint density at radius 3 is 2.71 bits per heavy atom. The summed E-state index contributed by atoms with van der Waals surface area (Å²) in [6, 6.07) is 5.97. The zero-order valence-electron chi connectivity index (χ0n) is 12.3. The average molecular weight is 295 g/mol. The largest absolute Gasteiger partial charge is 0.492 e. The number of benzene rings is 1. The van der Waals surface area contributed by atoms with Crippen LogP contribution in [0.4, 0.5) is 4.39 Å². The van der Waals surface area contributed by atoms with E-state index in [2.05, 4.69) is 9.80 Å². The Balaban J connectivity index is 1.81. The van der Waals surface area contributed by atoms with Gasteiger partial charge in [-0.15, -0.1) is 0 Å². The van der Waals surface area contributed by atoms with Gasteiger partial charge in [-0.2, -0.15) is 0 Å². The van der Waals surface area contributed by atoms with Gasteiger partial charge in [-0.05, 0) is 31.3 Å². The molecule has 116 valence electrons. The van der Waals surface area contributed by atoms with Crippen molar-refractivity contribution in [1.82, 2.24) is 9.80 Å². The molecule has 0 radical (unpaired) electrons. The molecule has 6 heteroatoms. The van der Waals surface area contributed by atoms with Crippen molar-refractivity contribution in [2.24, 2.45) is 11.7 Å². The molecule has 1 aromatic carbocycles. The van der Waals surface area contributed by atoms with Crippen molar-refractivity contribution in [2.45, 2.75) is 0 Å². The Morgan fingerprint density at radius 1 is 1.33 bits per heavy atom. The molecule has 1 aromatic rings. The van der Waals surface area contributed by atoms with Crippen molar-refractivity contribution in [3.05, 3.63) is 30.1 Å². The van der Waals surface area contributed by atoms with Gasteiger partial charge in [0, 0.05) is 32.7 Å². The molecule has 1 amide bonds. The fraction of sp³-hybridized carbons (Fsp3) is 0.533. The lowest BCUT2D eigenvalue weighted by molar-refractivity contribution is -0.122. The number of rotatable bonds is 5. The van der Waals surface area contributed by atoms with E-state index >= 15 is 0 Å². The number of nitrogens with zero attached hydrogens (tertiary/aromatic N) is 2. The van der Waals surface area contributed by atoms with Crippen LogP contribution in [0, 0.1) is 11.7 Å². The molecule has 21 heavy (non-hydrogen) atoms. The van der Waals surface area contributed by atoms with Gasteiger partial charge in [0.1, 0.15) is 18.2 Å². The molecule has 2 N–H and O–H groups in total. The summed E-state index contributed by atoms with van der Waals surface area (Å²) in [7, 11) is 1.99. The average Bonchev–Trinajstić information content (AvgIpc) is 2.63. The highest BCUT2D eigenvalue weighted by molar-refractivity contribution is 5.77. The van der Waals surface area contributed by atoms with Crippen LogP contribution in [0.3, 0.4) is 0 Å². The molecule has 2 rings (SSSR count). The molecule has 0 bridgehead atoms. The molecule has 0 aromatic heterocycles. The van der Waals surface area contributed by atoms with Crippen LogP contribution in [0.25, 0.3) is 0 Å². The van der Waals surface area contributed by atoms with Crippen LogP contribution in [0.15, 0.2) is 24.3 Å². The zero-order valence-corrected chi connectivity index (χ0v) is 12.3. The summed E-state index contributed by atoms with van der Waals surface area (Å²) in [5.41, 5.74) is 5.44. The zero-order chi connectivity index (χ0) is 15.2. The minimum absolute atomic E-state index is 0.150. The Hall–Kier alpha value is -1.66. The lowest BCUT2D eigenvalue weighted by Gasteiger charge is -2.22. The van der Waals surface area contributed by atoms with Crippen molar-refractivity contribution < 1.29 is 13.9 Å². The predicted octanol–water partition coefficient (Wildman–Crippen LogP) is 0.553. The van der Waals surface area contributed by atoms with Gasteiger partial charge in [-0.25, -0.2) is 4.39 Å². The number of hydrogen-bond donors (Lipinski definition) is 1. The molecule has 1 saturated heterocycles. The van der Waals surface area contributed by atoms with Crippen molar-refractivity contribution in [3.8, 4) is 5.75 Å². The highest BCUT2D eigenvalue weighted by Gasteiger charge is 2.24. The molecular weight excluding hydrogens is 273 g/mol. The fourth-order valence-corrected chi connectivity index (χ4v) is 2.45. The molecule has 1 aliphatic heterocycles. The molecular formula is C15H22FN3O2. The van der Waals surface area contributed by atoms with E-state index in [-0.39, 0.29) is 17.6 Å². The smallest absolute Gasteiger partial charge is 0.223 e. The summed E-state index contributed by atoms with van der Waals surface area (Å²) in [5, 5.41) is 0. The standard InChI is InChI=1S/C15H22FN3O2/c1-18-6-7-19(11-12(10-18)15(17)20)8-9-21-14-4-2-13(16)3-5-14/h2-5,12H,6-11H2,1H3,(H2,17,20)/t12-/m0/s1. The lowest BCUT2D eigenvalue weighted by atomic mass is 10.1. The van der Waals surface area contributed by atoms with Crippen LogP contribution in [0.2, 0.25) is 0 Å². The number of amides is 1. The summed E-state index contributed by atoms with van der Waals surface area (Å²) < 4.78 is 18.4. The number of nitrogens with two attached hydrogens (primary N) is 1. The summed E-state index contributed by atoms with van der Waals surface area (Å²) in [4.78, 5) is 15.7. The van der Waals surface area contributed by atoms with E-state index in [1.54, 1.807) is 12.1 Å². The number of hydrogen-bond acceptors (Lipinski definition) is 4. The Kier molecular flexibility index (Phi) is 5.52. The third kappa shape index (κ3) is 4.99. The first-order valence-electron chi connectivity index (χ1n) is 7.13. The Morgan fingerprint density at radius 2 is 2.05 bits per heavy atom. The first kappa shape index (κ1) is 15.7. The number of ether oxygens (including phenoxy) is 1. The summed E-state index contributed by atoms with van der Waals surface area (Å²) in [6.45, 7) is 4.36. The molecule has 0 saturated carbocycles. The third-order valence-electron chi connectivity index (χ3n) is 3.70. The molecule has 5 nitrogen and oxygen atoms in total. The van der Waals surface area contributed by atoms with Crippen LogP contribution in [-0.4, -0.2) is 62.1 Å². The minimum Gasteiger partial charge on any atom is -0.492 e. The highest BCUT2D eigenvalue weighted by Crippen LogP contribution is 2.12. The molecule has 1 aliphatic rings. The molecule has 0 spiro atoms. The maximum atomic E-state index is 12.8. The lowest BCUT2D eigenvalue weighted by Crippen LogP contribution is -2.39. The van der Waals surface area contributed by atoms with Gasteiger partial charge in [-0.1, -0.05) is 0 Å². The van der Waals surface area contributed by atoms with E-state index in [0.29, 0.717) is 25.4 Å². The van der Waals surface area contributed by atoms with Crippen LogP contribution < -0.4 is 10.5 Å². The second kappa shape index (κ2) is 7.38. The number of carbonyl (C=O) groups is 1. The van der Waals surface area contributed by atoms with E-state index < -0.39 is 0 Å². The topological polar surface area (TPSA) is 58.8 Å². The summed E-state index contributed by atoms with van der Waals surface area (Å²) in [6.07, 6.45) is 0. The maximum absolute atomic E-state index is 12.8. The van der Waals surface area contributed by atoms with E-state index in [0.717, 1.165) is 19.6 Å². The molecule has 0 aliphatic carbocycles.